The van der Waals surface area contributed by atoms with Crippen LogP contribution in [0.3, 0.4) is 0 Å². The number of hydrogen-bond donors (Lipinski definition) is 1. The molecular formula is C21H21FN4O2. The predicted octanol–water partition coefficient (Wildman–Crippen LogP) is 3.04. The molecule has 0 spiro atoms. The fraction of sp³-hybridized carbons (Fsp3) is 0.238. The average molecular weight is 380 g/mol. The molecule has 1 aromatic carbocycles. The number of aromatic nitrogens is 3. The topological polar surface area (TPSA) is 79.0 Å². The highest BCUT2D eigenvalue weighted by Crippen LogP contribution is 2.20. The molecule has 0 saturated carbocycles. The van der Waals surface area contributed by atoms with Gasteiger partial charge in [0.1, 0.15) is 11.6 Å². The van der Waals surface area contributed by atoms with Crippen LogP contribution in [0.5, 0.6) is 0 Å². The highest BCUT2D eigenvalue weighted by molar-refractivity contribution is 5.79. The third-order valence-corrected chi connectivity index (χ3v) is 4.83. The van der Waals surface area contributed by atoms with Crippen molar-refractivity contribution in [2.24, 2.45) is 0 Å². The van der Waals surface area contributed by atoms with Crippen LogP contribution in [0, 0.1) is 12.7 Å². The van der Waals surface area contributed by atoms with E-state index < -0.39 is 0 Å². The number of likely N-dealkylation sites (N-methyl/N-ethyl adjacent to an activating group) is 1. The van der Waals surface area contributed by atoms with Gasteiger partial charge in [0.2, 0.25) is 5.91 Å². The molecule has 3 aromatic rings. The zero-order chi connectivity index (χ0) is 20.3. The first-order chi connectivity index (χ1) is 13.4. The van der Waals surface area contributed by atoms with Crippen LogP contribution in [0.25, 0.3) is 11.4 Å². The highest BCUT2D eigenvalue weighted by Gasteiger charge is 2.20. The monoisotopic (exact) mass is 380 g/mol. The molecule has 0 aliphatic rings. The van der Waals surface area contributed by atoms with Crippen molar-refractivity contribution in [1.82, 2.24) is 19.9 Å². The lowest BCUT2D eigenvalue weighted by molar-refractivity contribution is -0.131. The third kappa shape index (κ3) is 4.14. The predicted molar refractivity (Wildman–Crippen MR) is 104 cm³/mol. The fourth-order valence-corrected chi connectivity index (χ4v) is 2.92. The van der Waals surface area contributed by atoms with Gasteiger partial charge in [-0.3, -0.25) is 14.6 Å². The molecule has 0 saturated heterocycles. The second kappa shape index (κ2) is 8.12. The van der Waals surface area contributed by atoms with Crippen molar-refractivity contribution in [2.45, 2.75) is 26.3 Å². The first kappa shape index (κ1) is 19.4. The van der Waals surface area contributed by atoms with Gasteiger partial charge < -0.3 is 9.88 Å². The molecule has 7 heteroatoms. The Hall–Kier alpha value is -3.35. The highest BCUT2D eigenvalue weighted by atomic mass is 19.1. The molecular weight excluding hydrogens is 359 g/mol. The second-order valence-corrected chi connectivity index (χ2v) is 6.62. The van der Waals surface area contributed by atoms with Crippen LogP contribution < -0.4 is 5.56 Å². The summed E-state index contributed by atoms with van der Waals surface area (Å²) < 4.78 is 13.1. The van der Waals surface area contributed by atoms with Crippen molar-refractivity contribution >= 4 is 5.91 Å². The standard InChI is InChI=1S/C21H21FN4O2/c1-13-18(21(28)25-20(24-13)16-8-10-23-11-9-16)12-19(27)26(3)14(2)15-4-6-17(22)7-5-15/h4-11,14H,12H2,1-3H3,(H,24,25,28)/t14-/m1/s1. The molecule has 0 fully saturated rings. The van der Waals surface area contributed by atoms with E-state index in [1.165, 1.54) is 12.1 Å². The molecule has 3 rings (SSSR count). The number of amides is 1. The van der Waals surface area contributed by atoms with E-state index in [4.69, 9.17) is 0 Å². The Balaban J connectivity index is 1.80. The van der Waals surface area contributed by atoms with Gasteiger partial charge >= 0.3 is 0 Å². The zero-order valence-corrected chi connectivity index (χ0v) is 15.9. The van der Waals surface area contributed by atoms with E-state index in [1.807, 2.05) is 6.92 Å². The smallest absolute Gasteiger partial charge is 0.255 e. The molecule has 0 aliphatic carbocycles. The second-order valence-electron chi connectivity index (χ2n) is 6.62. The molecule has 0 bridgehead atoms. The van der Waals surface area contributed by atoms with Crippen molar-refractivity contribution in [3.8, 4) is 11.4 Å². The van der Waals surface area contributed by atoms with Gasteiger partial charge in [-0.25, -0.2) is 9.37 Å². The number of rotatable bonds is 5. The molecule has 28 heavy (non-hydrogen) atoms. The number of halogens is 1. The lowest BCUT2D eigenvalue weighted by atomic mass is 10.1. The van der Waals surface area contributed by atoms with Crippen molar-refractivity contribution in [3.05, 3.63) is 81.8 Å². The largest absolute Gasteiger partial charge is 0.339 e. The van der Waals surface area contributed by atoms with Crippen molar-refractivity contribution in [3.63, 3.8) is 0 Å². The molecule has 1 N–H and O–H groups in total. The maximum Gasteiger partial charge on any atom is 0.255 e. The number of nitrogens with one attached hydrogen (secondary N) is 1. The first-order valence-corrected chi connectivity index (χ1v) is 8.88. The Labute approximate surface area is 162 Å². The summed E-state index contributed by atoms with van der Waals surface area (Å²) in [4.78, 5) is 37.9. The van der Waals surface area contributed by atoms with Gasteiger partial charge in [0, 0.05) is 36.3 Å². The normalized spacial score (nSPS) is 11.9. The Morgan fingerprint density at radius 3 is 2.43 bits per heavy atom. The Morgan fingerprint density at radius 1 is 1.18 bits per heavy atom. The number of nitrogens with zero attached hydrogens (tertiary/aromatic N) is 3. The van der Waals surface area contributed by atoms with E-state index in [0.29, 0.717) is 17.1 Å². The maximum absolute atomic E-state index is 13.1. The lowest BCUT2D eigenvalue weighted by Gasteiger charge is -2.25. The fourth-order valence-electron chi connectivity index (χ4n) is 2.92. The minimum absolute atomic E-state index is 0.0627. The molecule has 2 heterocycles. The summed E-state index contributed by atoms with van der Waals surface area (Å²) in [5.41, 5.74) is 2.06. The number of pyridine rings is 1. The number of carbonyl (C=O) groups is 1. The van der Waals surface area contributed by atoms with E-state index in [9.17, 15) is 14.0 Å². The third-order valence-electron chi connectivity index (χ3n) is 4.83. The van der Waals surface area contributed by atoms with E-state index in [1.54, 1.807) is 55.5 Å². The molecule has 1 atom stereocenters. The molecule has 0 unspecified atom stereocenters. The summed E-state index contributed by atoms with van der Waals surface area (Å²) in [6.45, 7) is 3.57. The van der Waals surface area contributed by atoms with Crippen LogP contribution in [0.1, 0.15) is 29.8 Å². The van der Waals surface area contributed by atoms with Crippen LogP contribution in [0.2, 0.25) is 0 Å². The summed E-state index contributed by atoms with van der Waals surface area (Å²) in [6.07, 6.45) is 3.18. The van der Waals surface area contributed by atoms with Crippen LogP contribution >= 0.6 is 0 Å². The van der Waals surface area contributed by atoms with Crippen molar-refractivity contribution < 1.29 is 9.18 Å². The number of benzene rings is 1. The van der Waals surface area contributed by atoms with Gasteiger partial charge in [-0.1, -0.05) is 12.1 Å². The van der Waals surface area contributed by atoms with Crippen LogP contribution in [-0.2, 0) is 11.2 Å². The summed E-state index contributed by atoms with van der Waals surface area (Å²) >= 11 is 0. The zero-order valence-electron chi connectivity index (χ0n) is 15.9. The van der Waals surface area contributed by atoms with Gasteiger partial charge in [0.15, 0.2) is 0 Å². The summed E-state index contributed by atoms with van der Waals surface area (Å²) in [7, 11) is 1.67. The molecule has 144 valence electrons. The SMILES string of the molecule is Cc1nc(-c2ccncc2)[nH]c(=O)c1CC(=O)N(C)[C@H](C)c1ccc(F)cc1. The Kier molecular flexibility index (Phi) is 5.63. The number of H-pyrrole nitrogens is 1. The minimum atomic E-state index is -0.338. The summed E-state index contributed by atoms with van der Waals surface area (Å²) in [5.74, 6) is -0.106. The van der Waals surface area contributed by atoms with E-state index >= 15 is 0 Å². The first-order valence-electron chi connectivity index (χ1n) is 8.88. The average Bonchev–Trinajstić information content (AvgIpc) is 2.70. The molecule has 6 nitrogen and oxygen atoms in total. The number of aromatic amines is 1. The van der Waals surface area contributed by atoms with E-state index in [-0.39, 0.29) is 29.7 Å². The molecule has 2 aromatic heterocycles. The maximum atomic E-state index is 13.1. The van der Waals surface area contributed by atoms with E-state index in [0.717, 1.165) is 11.1 Å². The Morgan fingerprint density at radius 2 is 1.82 bits per heavy atom. The van der Waals surface area contributed by atoms with Crippen LogP contribution in [-0.4, -0.2) is 32.8 Å². The lowest BCUT2D eigenvalue weighted by Crippen LogP contribution is -2.33. The molecule has 1 amide bonds. The van der Waals surface area contributed by atoms with Gasteiger partial charge in [0.05, 0.1) is 12.5 Å². The van der Waals surface area contributed by atoms with Crippen LogP contribution in [0.15, 0.2) is 53.6 Å². The van der Waals surface area contributed by atoms with Gasteiger partial charge in [-0.15, -0.1) is 0 Å². The van der Waals surface area contributed by atoms with Gasteiger partial charge in [-0.05, 0) is 43.7 Å². The summed E-state index contributed by atoms with van der Waals surface area (Å²) in [6, 6.07) is 9.26. The van der Waals surface area contributed by atoms with Crippen molar-refractivity contribution in [1.29, 1.82) is 0 Å². The van der Waals surface area contributed by atoms with Gasteiger partial charge in [0.25, 0.3) is 5.56 Å². The number of carbonyl (C=O) groups excluding carboxylic acids is 1. The summed E-state index contributed by atoms with van der Waals surface area (Å²) in [5, 5.41) is 0. The Bertz CT molecular complexity index is 1030. The van der Waals surface area contributed by atoms with Crippen molar-refractivity contribution in [2.75, 3.05) is 7.05 Å². The quantitative estimate of drug-likeness (QED) is 0.738. The van der Waals surface area contributed by atoms with E-state index in [2.05, 4.69) is 15.0 Å². The molecule has 0 radical (unpaired) electrons. The van der Waals surface area contributed by atoms with Gasteiger partial charge in [-0.2, -0.15) is 0 Å². The number of aryl methyl sites for hydroxylation is 1. The minimum Gasteiger partial charge on any atom is -0.339 e. The molecule has 0 aliphatic heterocycles. The number of hydrogen-bond acceptors (Lipinski definition) is 4. The van der Waals surface area contributed by atoms with Crippen LogP contribution in [0.4, 0.5) is 4.39 Å².